The summed E-state index contributed by atoms with van der Waals surface area (Å²) in [5, 5.41) is 10.8. The van der Waals surface area contributed by atoms with Gasteiger partial charge in [0.1, 0.15) is 0 Å². The zero-order chi connectivity index (χ0) is 17.1. The maximum absolute atomic E-state index is 12.4. The summed E-state index contributed by atoms with van der Waals surface area (Å²) in [6, 6.07) is 15.2. The molecule has 3 rings (SSSR count). The van der Waals surface area contributed by atoms with Crippen molar-refractivity contribution in [2.24, 2.45) is 0 Å². The smallest absolute Gasteiger partial charge is 0.270 e. The van der Waals surface area contributed by atoms with Crippen molar-refractivity contribution in [3.05, 3.63) is 81.4 Å². The van der Waals surface area contributed by atoms with Gasteiger partial charge < -0.3 is 0 Å². The Hall–Kier alpha value is -3.28. The SMILES string of the molecule is O=C1C/C(=C\c2cccc([N+](=O)[O-])c2)C(=O)N1Cc1ccccc1. The van der Waals surface area contributed by atoms with Gasteiger partial charge in [0.05, 0.1) is 17.9 Å². The summed E-state index contributed by atoms with van der Waals surface area (Å²) in [6.45, 7) is 0.227. The van der Waals surface area contributed by atoms with Crippen LogP contribution < -0.4 is 0 Å². The van der Waals surface area contributed by atoms with Gasteiger partial charge in [-0.25, -0.2) is 0 Å². The Kier molecular flexibility index (Phi) is 4.20. The van der Waals surface area contributed by atoms with Crippen LogP contribution in [0, 0.1) is 10.1 Å². The molecular weight excluding hydrogens is 308 g/mol. The van der Waals surface area contributed by atoms with E-state index in [-0.39, 0.29) is 30.5 Å². The first-order valence-electron chi connectivity index (χ1n) is 7.38. The molecule has 0 N–H and O–H groups in total. The minimum atomic E-state index is -0.495. The number of non-ortho nitro benzene ring substituents is 1. The van der Waals surface area contributed by atoms with Gasteiger partial charge in [0, 0.05) is 17.7 Å². The Labute approximate surface area is 138 Å². The lowest BCUT2D eigenvalue weighted by molar-refractivity contribution is -0.384. The molecule has 6 heteroatoms. The number of imide groups is 1. The van der Waals surface area contributed by atoms with Gasteiger partial charge in [0.25, 0.3) is 11.6 Å². The summed E-state index contributed by atoms with van der Waals surface area (Å²) in [5.41, 5.74) is 1.69. The molecule has 0 unspecified atom stereocenters. The zero-order valence-electron chi connectivity index (χ0n) is 12.7. The maximum atomic E-state index is 12.4. The van der Waals surface area contributed by atoms with Gasteiger partial charge in [0.2, 0.25) is 5.91 Å². The average Bonchev–Trinajstić information content (AvgIpc) is 2.83. The Morgan fingerprint density at radius 2 is 1.83 bits per heavy atom. The molecule has 0 radical (unpaired) electrons. The number of carbonyl (C=O) groups is 2. The molecule has 2 aromatic rings. The van der Waals surface area contributed by atoms with Crippen LogP contribution in [0.15, 0.2) is 60.2 Å². The molecule has 120 valence electrons. The molecule has 0 aliphatic carbocycles. The summed E-state index contributed by atoms with van der Waals surface area (Å²) in [5.74, 6) is -0.615. The van der Waals surface area contributed by atoms with Gasteiger partial charge in [0.15, 0.2) is 0 Å². The standard InChI is InChI=1S/C18H14N2O4/c21-17-11-15(9-14-7-4-8-16(10-14)20(23)24)18(22)19(17)12-13-5-2-1-3-6-13/h1-10H,11-12H2/b15-9+. The van der Waals surface area contributed by atoms with Crippen LogP contribution >= 0.6 is 0 Å². The average molecular weight is 322 g/mol. The van der Waals surface area contributed by atoms with E-state index in [1.165, 1.54) is 23.1 Å². The van der Waals surface area contributed by atoms with Crippen molar-refractivity contribution in [3.63, 3.8) is 0 Å². The number of nitro benzene ring substituents is 1. The van der Waals surface area contributed by atoms with Crippen molar-refractivity contribution in [2.75, 3.05) is 0 Å². The third-order valence-electron chi connectivity index (χ3n) is 3.77. The molecule has 0 spiro atoms. The van der Waals surface area contributed by atoms with Crippen LogP contribution in [0.5, 0.6) is 0 Å². The molecule has 1 aliphatic heterocycles. The van der Waals surface area contributed by atoms with E-state index in [1.807, 2.05) is 30.3 Å². The molecule has 1 aliphatic rings. The first-order valence-corrected chi connectivity index (χ1v) is 7.38. The lowest BCUT2D eigenvalue weighted by Gasteiger charge is -2.13. The van der Waals surface area contributed by atoms with Gasteiger partial charge in [-0.2, -0.15) is 0 Å². The number of nitro groups is 1. The lowest BCUT2D eigenvalue weighted by Crippen LogP contribution is -2.28. The molecule has 2 amide bonds. The van der Waals surface area contributed by atoms with E-state index >= 15 is 0 Å². The van der Waals surface area contributed by atoms with Crippen molar-refractivity contribution in [2.45, 2.75) is 13.0 Å². The van der Waals surface area contributed by atoms with Gasteiger partial charge in [-0.05, 0) is 17.2 Å². The second-order valence-electron chi connectivity index (χ2n) is 5.47. The van der Waals surface area contributed by atoms with E-state index < -0.39 is 4.92 Å². The molecule has 0 atom stereocenters. The Bertz CT molecular complexity index is 843. The fraction of sp³-hybridized carbons (Fsp3) is 0.111. The third-order valence-corrected chi connectivity index (χ3v) is 3.77. The maximum Gasteiger partial charge on any atom is 0.270 e. The van der Waals surface area contributed by atoms with Gasteiger partial charge in [-0.1, -0.05) is 42.5 Å². The number of nitrogens with zero attached hydrogens (tertiary/aromatic N) is 2. The second kappa shape index (κ2) is 6.45. The molecule has 0 saturated carbocycles. The highest BCUT2D eigenvalue weighted by Gasteiger charge is 2.33. The first kappa shape index (κ1) is 15.6. The van der Waals surface area contributed by atoms with Gasteiger partial charge in [-0.15, -0.1) is 0 Å². The van der Waals surface area contributed by atoms with Crippen LogP contribution in [0.4, 0.5) is 5.69 Å². The van der Waals surface area contributed by atoms with E-state index in [2.05, 4.69) is 0 Å². The van der Waals surface area contributed by atoms with E-state index in [0.717, 1.165) is 5.56 Å². The van der Waals surface area contributed by atoms with Gasteiger partial charge >= 0.3 is 0 Å². The molecule has 6 nitrogen and oxygen atoms in total. The van der Waals surface area contributed by atoms with E-state index in [0.29, 0.717) is 11.1 Å². The number of carbonyl (C=O) groups excluding carboxylic acids is 2. The van der Waals surface area contributed by atoms with Crippen LogP contribution in [-0.4, -0.2) is 21.6 Å². The van der Waals surface area contributed by atoms with E-state index in [1.54, 1.807) is 12.1 Å². The molecule has 1 fully saturated rings. The lowest BCUT2D eigenvalue weighted by atomic mass is 10.1. The Morgan fingerprint density at radius 3 is 2.54 bits per heavy atom. The number of benzene rings is 2. The summed E-state index contributed by atoms with van der Waals surface area (Å²) in [7, 11) is 0. The number of likely N-dealkylation sites (tertiary alicyclic amines) is 1. The number of rotatable bonds is 4. The molecule has 24 heavy (non-hydrogen) atoms. The fourth-order valence-corrected chi connectivity index (χ4v) is 2.59. The van der Waals surface area contributed by atoms with Gasteiger partial charge in [-0.3, -0.25) is 24.6 Å². The third kappa shape index (κ3) is 3.22. The van der Waals surface area contributed by atoms with Crippen molar-refractivity contribution in [1.82, 2.24) is 4.90 Å². The molecule has 0 bridgehead atoms. The minimum Gasteiger partial charge on any atom is -0.274 e. The molecule has 0 aromatic heterocycles. The predicted molar refractivity (Wildman–Crippen MR) is 87.7 cm³/mol. The normalized spacial score (nSPS) is 16.0. The number of amides is 2. The summed E-state index contributed by atoms with van der Waals surface area (Å²) in [4.78, 5) is 36.1. The summed E-state index contributed by atoms with van der Waals surface area (Å²) < 4.78 is 0. The topological polar surface area (TPSA) is 80.5 Å². The Morgan fingerprint density at radius 1 is 1.08 bits per heavy atom. The largest absolute Gasteiger partial charge is 0.274 e. The van der Waals surface area contributed by atoms with E-state index in [9.17, 15) is 19.7 Å². The minimum absolute atomic E-state index is 0.00829. The number of hydrogen-bond acceptors (Lipinski definition) is 4. The van der Waals surface area contributed by atoms with Crippen LogP contribution in [0.25, 0.3) is 6.08 Å². The first-order chi connectivity index (χ1) is 11.5. The number of hydrogen-bond donors (Lipinski definition) is 0. The van der Waals surface area contributed by atoms with Crippen molar-refractivity contribution in [1.29, 1.82) is 0 Å². The van der Waals surface area contributed by atoms with Crippen LogP contribution in [0.1, 0.15) is 17.5 Å². The zero-order valence-corrected chi connectivity index (χ0v) is 12.7. The van der Waals surface area contributed by atoms with Crippen molar-refractivity contribution >= 4 is 23.6 Å². The predicted octanol–water partition coefficient (Wildman–Crippen LogP) is 2.94. The molecule has 1 saturated heterocycles. The van der Waals surface area contributed by atoms with Crippen LogP contribution in [0.3, 0.4) is 0 Å². The van der Waals surface area contributed by atoms with Crippen molar-refractivity contribution in [3.8, 4) is 0 Å². The van der Waals surface area contributed by atoms with E-state index in [4.69, 9.17) is 0 Å². The highest BCUT2D eigenvalue weighted by molar-refractivity contribution is 6.15. The second-order valence-corrected chi connectivity index (χ2v) is 5.47. The Balaban J connectivity index is 1.83. The summed E-state index contributed by atoms with van der Waals surface area (Å²) >= 11 is 0. The quantitative estimate of drug-likeness (QED) is 0.375. The highest BCUT2D eigenvalue weighted by atomic mass is 16.6. The monoisotopic (exact) mass is 322 g/mol. The molecule has 1 heterocycles. The molecule has 2 aromatic carbocycles. The highest BCUT2D eigenvalue weighted by Crippen LogP contribution is 2.24. The fourth-order valence-electron chi connectivity index (χ4n) is 2.59. The van der Waals surface area contributed by atoms with Crippen LogP contribution in [0.2, 0.25) is 0 Å². The molecular formula is C18H14N2O4. The van der Waals surface area contributed by atoms with Crippen molar-refractivity contribution < 1.29 is 14.5 Å². The van der Waals surface area contributed by atoms with Crippen LogP contribution in [-0.2, 0) is 16.1 Å². The summed E-state index contributed by atoms with van der Waals surface area (Å²) in [6.07, 6.45) is 1.55.